The lowest BCUT2D eigenvalue weighted by molar-refractivity contribution is -0.265. The molecule has 1 saturated heterocycles. The third-order valence-corrected chi connectivity index (χ3v) is 7.39. The number of rotatable bonds is 9. The van der Waals surface area contributed by atoms with E-state index >= 15 is 0 Å². The maximum absolute atomic E-state index is 14.6. The van der Waals surface area contributed by atoms with Crippen LogP contribution in [-0.2, 0) is 11.1 Å². The molecule has 1 amide bonds. The van der Waals surface area contributed by atoms with Gasteiger partial charge in [0.2, 0.25) is 5.60 Å². The van der Waals surface area contributed by atoms with Crippen LogP contribution in [0.1, 0.15) is 35.0 Å². The number of fused-ring (bicyclic) bond motifs is 2. The summed E-state index contributed by atoms with van der Waals surface area (Å²) in [4.78, 5) is 17.1. The lowest BCUT2D eigenvalue weighted by atomic mass is 9.81. The lowest BCUT2D eigenvalue weighted by Gasteiger charge is -2.39. The Kier molecular flexibility index (Phi) is 7.77. The van der Waals surface area contributed by atoms with Gasteiger partial charge >= 0.3 is 6.18 Å². The molecule has 2 aliphatic heterocycles. The second-order valence-corrected chi connectivity index (χ2v) is 10.4. The van der Waals surface area contributed by atoms with Gasteiger partial charge in [-0.1, -0.05) is 0 Å². The number of benzene rings is 2. The molecule has 1 aromatic heterocycles. The molecule has 13 heteroatoms. The lowest BCUT2D eigenvalue weighted by Crippen LogP contribution is -2.55. The summed E-state index contributed by atoms with van der Waals surface area (Å²) in [6.07, 6.45) is -5.43. The average molecular weight is 592 g/mol. The van der Waals surface area contributed by atoms with Crippen LogP contribution in [0.2, 0.25) is 0 Å². The van der Waals surface area contributed by atoms with E-state index in [1.807, 2.05) is 0 Å². The molecule has 0 radical (unpaired) electrons. The fourth-order valence-corrected chi connectivity index (χ4v) is 4.89. The predicted octanol–water partition coefficient (Wildman–Crippen LogP) is 3.42. The molecule has 3 unspecified atom stereocenters. The number of hydrogen-bond donors (Lipinski definition) is 4. The summed E-state index contributed by atoms with van der Waals surface area (Å²) in [5, 5.41) is 26.0. The van der Waals surface area contributed by atoms with Crippen molar-refractivity contribution in [2.75, 3.05) is 33.4 Å². The van der Waals surface area contributed by atoms with E-state index in [1.165, 1.54) is 44.4 Å². The molecular weight excluding hydrogens is 562 g/mol. The first-order valence-electron chi connectivity index (χ1n) is 13.1. The van der Waals surface area contributed by atoms with Crippen molar-refractivity contribution in [3.05, 3.63) is 71.2 Å². The predicted molar refractivity (Wildman–Crippen MR) is 142 cm³/mol. The van der Waals surface area contributed by atoms with Gasteiger partial charge in [0.25, 0.3) is 5.91 Å². The van der Waals surface area contributed by atoms with Crippen LogP contribution in [-0.4, -0.2) is 66.8 Å². The number of aromatic nitrogens is 1. The molecule has 0 saturated carbocycles. The highest BCUT2D eigenvalue weighted by atomic mass is 19.4. The van der Waals surface area contributed by atoms with E-state index in [2.05, 4.69) is 15.6 Å². The number of methoxy groups -OCH3 is 1. The molecule has 2 aliphatic rings. The van der Waals surface area contributed by atoms with Gasteiger partial charge in [0.15, 0.2) is 17.2 Å². The first-order valence-corrected chi connectivity index (χ1v) is 13.1. The van der Waals surface area contributed by atoms with Crippen molar-refractivity contribution < 1.29 is 46.8 Å². The number of ether oxygens (including phenoxy) is 3. The minimum atomic E-state index is -5.25. The van der Waals surface area contributed by atoms with E-state index in [0.717, 1.165) is 18.2 Å². The Bertz CT molecular complexity index is 1480. The van der Waals surface area contributed by atoms with Crippen molar-refractivity contribution in [1.29, 1.82) is 0 Å². The maximum atomic E-state index is 14.6. The van der Waals surface area contributed by atoms with Gasteiger partial charge in [-0.25, -0.2) is 9.37 Å². The number of aliphatic hydroxyl groups is 2. The van der Waals surface area contributed by atoms with E-state index in [0.29, 0.717) is 24.1 Å². The largest absolute Gasteiger partial charge is 0.493 e. The fourth-order valence-electron chi connectivity index (χ4n) is 4.89. The number of aliphatic hydroxyl groups excluding tert-OH is 1. The standard InChI is InChI=1S/C29H29F4N3O6/c1-16(37)13-41-21-8-5-18(11-22(21)40-2)26(38)34-14-28(39,29(31,32)33)23-12-20-25(42-15-27(20)9-10-35-27)24(36-23)17-3-6-19(30)7-4-17/h3-8,11-12,16,35,37,39H,9-10,13-15H2,1-2H3,(H,34,38). The third-order valence-electron chi connectivity index (χ3n) is 7.39. The number of pyridine rings is 1. The highest BCUT2D eigenvalue weighted by molar-refractivity contribution is 5.95. The Balaban J connectivity index is 1.49. The van der Waals surface area contributed by atoms with E-state index in [4.69, 9.17) is 14.2 Å². The third kappa shape index (κ3) is 5.35. The Labute approximate surface area is 238 Å². The average Bonchev–Trinajstić information content (AvgIpc) is 3.34. The highest BCUT2D eigenvalue weighted by Gasteiger charge is 2.58. The van der Waals surface area contributed by atoms with Gasteiger partial charge in [0, 0.05) is 16.7 Å². The summed E-state index contributed by atoms with van der Waals surface area (Å²) in [7, 11) is 1.32. The summed E-state index contributed by atoms with van der Waals surface area (Å²) in [5.74, 6) is -0.872. The zero-order valence-corrected chi connectivity index (χ0v) is 22.7. The van der Waals surface area contributed by atoms with Gasteiger partial charge in [-0.15, -0.1) is 0 Å². The summed E-state index contributed by atoms with van der Waals surface area (Å²) < 4.78 is 73.9. The molecular formula is C29H29F4N3O6. The van der Waals surface area contributed by atoms with Gasteiger partial charge in [-0.2, -0.15) is 13.2 Å². The van der Waals surface area contributed by atoms with Crippen LogP contribution in [0.4, 0.5) is 17.6 Å². The SMILES string of the molecule is COc1cc(C(=O)NCC(O)(c2cc3c(c(-c4ccc(F)cc4)n2)OCC32CCN2)C(F)(F)F)ccc1OCC(C)O. The van der Waals surface area contributed by atoms with Crippen molar-refractivity contribution in [2.45, 2.75) is 36.8 Å². The molecule has 3 aromatic rings. The van der Waals surface area contributed by atoms with Gasteiger partial charge < -0.3 is 35.1 Å². The summed E-state index contributed by atoms with van der Waals surface area (Å²) in [5.41, 5.74) is -4.43. The summed E-state index contributed by atoms with van der Waals surface area (Å²) >= 11 is 0. The van der Waals surface area contributed by atoms with Crippen LogP contribution in [0.5, 0.6) is 17.2 Å². The molecule has 9 nitrogen and oxygen atoms in total. The number of carbonyl (C=O) groups excluding carboxylic acids is 1. The van der Waals surface area contributed by atoms with Crippen molar-refractivity contribution >= 4 is 5.91 Å². The minimum absolute atomic E-state index is 0.0135. The summed E-state index contributed by atoms with van der Waals surface area (Å²) in [6.45, 7) is 0.994. The van der Waals surface area contributed by atoms with Gasteiger partial charge in [0.1, 0.15) is 24.7 Å². The van der Waals surface area contributed by atoms with Crippen molar-refractivity contribution in [1.82, 2.24) is 15.6 Å². The molecule has 0 aliphatic carbocycles. The van der Waals surface area contributed by atoms with Gasteiger partial charge in [0.05, 0.1) is 31.0 Å². The number of nitrogens with zero attached hydrogens (tertiary/aromatic N) is 1. The maximum Gasteiger partial charge on any atom is 0.424 e. The number of hydrogen-bond acceptors (Lipinski definition) is 8. The van der Waals surface area contributed by atoms with E-state index < -0.39 is 47.4 Å². The van der Waals surface area contributed by atoms with Crippen LogP contribution in [0.15, 0.2) is 48.5 Å². The zero-order chi connectivity index (χ0) is 30.3. The number of halogens is 4. The smallest absolute Gasteiger partial charge is 0.424 e. The first-order chi connectivity index (χ1) is 19.9. The number of nitrogens with one attached hydrogen (secondary N) is 2. The highest BCUT2D eigenvalue weighted by Crippen LogP contribution is 2.49. The monoisotopic (exact) mass is 591 g/mol. The first kappa shape index (κ1) is 29.5. The van der Waals surface area contributed by atoms with Crippen molar-refractivity contribution in [2.24, 2.45) is 0 Å². The molecule has 0 bridgehead atoms. The zero-order valence-electron chi connectivity index (χ0n) is 22.7. The second kappa shape index (κ2) is 11.0. The molecule has 224 valence electrons. The Morgan fingerprint density at radius 3 is 2.50 bits per heavy atom. The molecule has 5 rings (SSSR count). The van der Waals surface area contributed by atoms with Crippen molar-refractivity contribution in [3.8, 4) is 28.5 Å². The van der Waals surface area contributed by atoms with E-state index in [-0.39, 0.29) is 41.7 Å². The van der Waals surface area contributed by atoms with Crippen LogP contribution in [0, 0.1) is 5.82 Å². The van der Waals surface area contributed by atoms with E-state index in [1.54, 1.807) is 0 Å². The molecule has 3 heterocycles. The van der Waals surface area contributed by atoms with E-state index in [9.17, 15) is 32.6 Å². The normalized spacial score (nSPS) is 19.7. The molecule has 1 fully saturated rings. The Morgan fingerprint density at radius 2 is 1.90 bits per heavy atom. The molecule has 4 N–H and O–H groups in total. The Morgan fingerprint density at radius 1 is 1.19 bits per heavy atom. The minimum Gasteiger partial charge on any atom is -0.493 e. The van der Waals surface area contributed by atoms with Crippen LogP contribution >= 0.6 is 0 Å². The van der Waals surface area contributed by atoms with Crippen LogP contribution < -0.4 is 24.8 Å². The molecule has 42 heavy (non-hydrogen) atoms. The molecule has 3 atom stereocenters. The number of alkyl halides is 3. The van der Waals surface area contributed by atoms with Crippen LogP contribution in [0.3, 0.4) is 0 Å². The molecule has 1 spiro atoms. The van der Waals surface area contributed by atoms with Crippen molar-refractivity contribution in [3.63, 3.8) is 0 Å². The quantitative estimate of drug-likeness (QED) is 0.280. The molecule has 2 aromatic carbocycles. The number of amides is 1. The summed E-state index contributed by atoms with van der Waals surface area (Å²) in [6, 6.07) is 10.1. The van der Waals surface area contributed by atoms with Gasteiger partial charge in [-0.05, 0) is 68.4 Å². The van der Waals surface area contributed by atoms with Crippen LogP contribution in [0.25, 0.3) is 11.3 Å². The number of carbonyl (C=O) groups is 1. The topological polar surface area (TPSA) is 122 Å². The fraction of sp³-hybridized carbons (Fsp3) is 0.379. The second-order valence-electron chi connectivity index (χ2n) is 10.4. The Hall–Kier alpha value is -3.94. The van der Waals surface area contributed by atoms with Gasteiger partial charge in [-0.3, -0.25) is 4.79 Å².